The number of methoxy groups -OCH3 is 2. The molecule has 0 bridgehead atoms. The van der Waals surface area contributed by atoms with Crippen molar-refractivity contribution in [3.8, 4) is 11.5 Å². The SMILES string of the molecule is COc1ccc(NC2=CC(=O)C(=Cc3c[nH]c4ncccc34)O2)c(OC)c1. The molecule has 1 aliphatic rings. The van der Waals surface area contributed by atoms with E-state index < -0.39 is 0 Å². The summed E-state index contributed by atoms with van der Waals surface area (Å²) in [5, 5.41) is 3.98. The molecule has 0 saturated heterocycles. The van der Waals surface area contributed by atoms with E-state index in [1.807, 2.05) is 12.1 Å². The van der Waals surface area contributed by atoms with E-state index in [0.29, 0.717) is 23.1 Å². The van der Waals surface area contributed by atoms with Crippen LogP contribution in [0.5, 0.6) is 11.5 Å². The van der Waals surface area contributed by atoms with Gasteiger partial charge < -0.3 is 24.5 Å². The fraction of sp³-hybridized carbons (Fsp3) is 0.100. The quantitative estimate of drug-likeness (QED) is 0.675. The van der Waals surface area contributed by atoms with Crippen molar-refractivity contribution in [1.82, 2.24) is 9.97 Å². The third kappa shape index (κ3) is 3.22. The number of hydrogen-bond donors (Lipinski definition) is 2. The van der Waals surface area contributed by atoms with Crippen LogP contribution >= 0.6 is 0 Å². The van der Waals surface area contributed by atoms with Crippen molar-refractivity contribution in [2.75, 3.05) is 19.5 Å². The molecule has 0 amide bonds. The minimum absolute atomic E-state index is 0.219. The van der Waals surface area contributed by atoms with Crippen LogP contribution in [0, 0.1) is 0 Å². The van der Waals surface area contributed by atoms with Crippen LogP contribution in [0.3, 0.4) is 0 Å². The van der Waals surface area contributed by atoms with E-state index in [2.05, 4.69) is 15.3 Å². The van der Waals surface area contributed by atoms with Gasteiger partial charge >= 0.3 is 0 Å². The van der Waals surface area contributed by atoms with Crippen molar-refractivity contribution in [3.63, 3.8) is 0 Å². The van der Waals surface area contributed by atoms with E-state index in [0.717, 1.165) is 16.6 Å². The monoisotopic (exact) mass is 363 g/mol. The van der Waals surface area contributed by atoms with Gasteiger partial charge in [0.2, 0.25) is 11.7 Å². The van der Waals surface area contributed by atoms with Crippen molar-refractivity contribution < 1.29 is 19.0 Å². The molecule has 0 atom stereocenters. The molecule has 3 heterocycles. The molecule has 3 aromatic rings. The average Bonchev–Trinajstić information content (AvgIpc) is 3.26. The zero-order valence-electron chi connectivity index (χ0n) is 14.8. The van der Waals surface area contributed by atoms with Crippen molar-refractivity contribution in [2.24, 2.45) is 0 Å². The second-order valence-corrected chi connectivity index (χ2v) is 5.82. The topological polar surface area (TPSA) is 85.5 Å². The first kappa shape index (κ1) is 16.7. The van der Waals surface area contributed by atoms with Crippen LogP contribution in [-0.4, -0.2) is 30.0 Å². The van der Waals surface area contributed by atoms with Gasteiger partial charge in [0.05, 0.1) is 26.0 Å². The number of anilines is 1. The summed E-state index contributed by atoms with van der Waals surface area (Å²) in [6.45, 7) is 0. The minimum Gasteiger partial charge on any atom is -0.497 e. The number of rotatable bonds is 5. The Balaban J connectivity index is 1.56. The van der Waals surface area contributed by atoms with Gasteiger partial charge in [0, 0.05) is 29.4 Å². The van der Waals surface area contributed by atoms with Crippen LogP contribution in [0.1, 0.15) is 5.56 Å². The zero-order chi connectivity index (χ0) is 18.8. The second kappa shape index (κ2) is 6.87. The number of aromatic amines is 1. The molecule has 1 aliphatic heterocycles. The number of H-pyrrole nitrogens is 1. The molecular weight excluding hydrogens is 346 g/mol. The number of aromatic nitrogens is 2. The zero-order valence-corrected chi connectivity index (χ0v) is 14.8. The van der Waals surface area contributed by atoms with Crippen LogP contribution in [0.25, 0.3) is 17.1 Å². The van der Waals surface area contributed by atoms with E-state index in [4.69, 9.17) is 14.2 Å². The van der Waals surface area contributed by atoms with E-state index in [-0.39, 0.29) is 11.5 Å². The largest absolute Gasteiger partial charge is 0.497 e. The standard InChI is InChI=1S/C20H17N3O4/c1-25-13-5-6-15(17(9-13)26-2)23-19-10-16(24)18(27-19)8-12-11-22-20-14(12)4-3-7-21-20/h3-11,23H,1-2H3,(H,21,22). The van der Waals surface area contributed by atoms with Crippen LogP contribution in [0.15, 0.2) is 60.4 Å². The van der Waals surface area contributed by atoms with Crippen LogP contribution < -0.4 is 14.8 Å². The summed E-state index contributed by atoms with van der Waals surface area (Å²) in [7, 11) is 3.14. The fourth-order valence-corrected chi connectivity index (χ4v) is 2.82. The van der Waals surface area contributed by atoms with Gasteiger partial charge in [-0.1, -0.05) is 0 Å². The molecule has 4 rings (SSSR count). The molecule has 27 heavy (non-hydrogen) atoms. The number of carbonyl (C=O) groups is 1. The van der Waals surface area contributed by atoms with Crippen LogP contribution in [-0.2, 0) is 9.53 Å². The van der Waals surface area contributed by atoms with Crippen LogP contribution in [0.2, 0.25) is 0 Å². The molecule has 7 heteroatoms. The normalized spacial score (nSPS) is 15.0. The number of ketones is 1. The van der Waals surface area contributed by atoms with Crippen molar-refractivity contribution in [1.29, 1.82) is 0 Å². The molecule has 7 nitrogen and oxygen atoms in total. The number of nitrogens with one attached hydrogen (secondary N) is 2. The molecule has 2 aromatic heterocycles. The number of fused-ring (bicyclic) bond motifs is 1. The third-order valence-electron chi connectivity index (χ3n) is 4.16. The molecule has 2 N–H and O–H groups in total. The maximum atomic E-state index is 12.3. The van der Waals surface area contributed by atoms with Crippen molar-refractivity contribution >= 4 is 28.6 Å². The van der Waals surface area contributed by atoms with Gasteiger partial charge in [-0.05, 0) is 30.3 Å². The summed E-state index contributed by atoms with van der Waals surface area (Å²) in [4.78, 5) is 19.6. The molecule has 0 saturated carbocycles. The van der Waals surface area contributed by atoms with Gasteiger partial charge in [0.25, 0.3) is 0 Å². The molecular formula is C20H17N3O4. The Morgan fingerprint density at radius 3 is 2.93 bits per heavy atom. The van der Waals surface area contributed by atoms with Gasteiger partial charge in [-0.2, -0.15) is 0 Å². The Morgan fingerprint density at radius 2 is 2.11 bits per heavy atom. The number of carbonyl (C=O) groups excluding carboxylic acids is 1. The lowest BCUT2D eigenvalue weighted by molar-refractivity contribution is -0.112. The summed E-state index contributed by atoms with van der Waals surface area (Å²) >= 11 is 0. The maximum Gasteiger partial charge on any atom is 0.226 e. The maximum absolute atomic E-state index is 12.3. The minimum atomic E-state index is -0.219. The average molecular weight is 363 g/mol. The number of benzene rings is 1. The van der Waals surface area contributed by atoms with E-state index in [1.54, 1.807) is 50.9 Å². The summed E-state index contributed by atoms with van der Waals surface area (Å²) in [6.07, 6.45) is 6.60. The summed E-state index contributed by atoms with van der Waals surface area (Å²) in [5.74, 6) is 1.58. The highest BCUT2D eigenvalue weighted by atomic mass is 16.5. The van der Waals surface area contributed by atoms with E-state index >= 15 is 0 Å². The Labute approximate surface area is 155 Å². The van der Waals surface area contributed by atoms with E-state index in [1.165, 1.54) is 6.08 Å². The van der Waals surface area contributed by atoms with Gasteiger partial charge in [0.1, 0.15) is 17.1 Å². The predicted octanol–water partition coefficient (Wildman–Crippen LogP) is 3.47. The predicted molar refractivity (Wildman–Crippen MR) is 101 cm³/mol. The highest BCUT2D eigenvalue weighted by Gasteiger charge is 2.22. The van der Waals surface area contributed by atoms with Crippen molar-refractivity contribution in [3.05, 3.63) is 66.0 Å². The molecule has 0 fully saturated rings. The Bertz CT molecular complexity index is 1080. The number of hydrogen-bond acceptors (Lipinski definition) is 6. The number of pyridine rings is 1. The smallest absolute Gasteiger partial charge is 0.226 e. The molecule has 1 aromatic carbocycles. The van der Waals surface area contributed by atoms with Crippen LogP contribution in [0.4, 0.5) is 5.69 Å². The molecule has 0 spiro atoms. The second-order valence-electron chi connectivity index (χ2n) is 5.82. The Kier molecular flexibility index (Phi) is 4.25. The molecule has 0 unspecified atom stereocenters. The third-order valence-corrected chi connectivity index (χ3v) is 4.16. The van der Waals surface area contributed by atoms with Gasteiger partial charge in [-0.3, -0.25) is 4.79 Å². The Morgan fingerprint density at radius 1 is 1.22 bits per heavy atom. The summed E-state index contributed by atoms with van der Waals surface area (Å²) in [6, 6.07) is 9.10. The Hall–Kier alpha value is -3.74. The van der Waals surface area contributed by atoms with Gasteiger partial charge in [-0.25, -0.2) is 4.98 Å². The van der Waals surface area contributed by atoms with Gasteiger partial charge in [-0.15, -0.1) is 0 Å². The highest BCUT2D eigenvalue weighted by molar-refractivity contribution is 6.09. The molecule has 0 aliphatic carbocycles. The lowest BCUT2D eigenvalue weighted by Gasteiger charge is -2.12. The number of allylic oxidation sites excluding steroid dienone is 1. The van der Waals surface area contributed by atoms with E-state index in [9.17, 15) is 4.79 Å². The summed E-state index contributed by atoms with van der Waals surface area (Å²) < 4.78 is 16.2. The molecule has 136 valence electrons. The van der Waals surface area contributed by atoms with Crippen molar-refractivity contribution in [2.45, 2.75) is 0 Å². The first-order valence-corrected chi connectivity index (χ1v) is 8.24. The van der Waals surface area contributed by atoms with Gasteiger partial charge in [0.15, 0.2) is 5.76 Å². The first-order chi connectivity index (χ1) is 13.2. The summed E-state index contributed by atoms with van der Waals surface area (Å²) in [5.41, 5.74) is 2.25. The number of ether oxygens (including phenoxy) is 3. The number of nitrogens with zero attached hydrogens (tertiary/aromatic N) is 1. The highest BCUT2D eigenvalue weighted by Crippen LogP contribution is 2.32. The fourth-order valence-electron chi connectivity index (χ4n) is 2.82. The first-order valence-electron chi connectivity index (χ1n) is 8.24. The lowest BCUT2D eigenvalue weighted by atomic mass is 10.2. The lowest BCUT2D eigenvalue weighted by Crippen LogP contribution is -2.01. The molecule has 0 radical (unpaired) electrons.